The lowest BCUT2D eigenvalue weighted by molar-refractivity contribution is 0.564. The fraction of sp³-hybridized carbons (Fsp3) is 0.385. The third kappa shape index (κ3) is 1.87. The smallest absolute Gasteiger partial charge is 0.125 e. The largest absolute Gasteiger partial charge is 0.323 e. The molecule has 2 N–H and O–H groups in total. The van der Waals surface area contributed by atoms with Gasteiger partial charge in [-0.05, 0) is 37.8 Å². The zero-order valence-corrected chi connectivity index (χ0v) is 10.6. The van der Waals surface area contributed by atoms with Crippen molar-refractivity contribution in [1.82, 2.24) is 9.97 Å². The van der Waals surface area contributed by atoms with E-state index in [-0.39, 0.29) is 6.04 Å². The van der Waals surface area contributed by atoms with Gasteiger partial charge in [0.25, 0.3) is 0 Å². The van der Waals surface area contributed by atoms with E-state index in [1.807, 2.05) is 18.5 Å². The first kappa shape index (κ1) is 10.9. The maximum atomic E-state index is 6.10. The molecule has 0 aromatic carbocycles. The van der Waals surface area contributed by atoms with Gasteiger partial charge >= 0.3 is 0 Å². The van der Waals surface area contributed by atoms with Crippen molar-refractivity contribution in [2.24, 2.45) is 5.73 Å². The second-order valence-electron chi connectivity index (χ2n) is 4.52. The maximum Gasteiger partial charge on any atom is 0.125 e. The molecule has 0 saturated carbocycles. The summed E-state index contributed by atoms with van der Waals surface area (Å²) in [5.74, 6) is 0. The summed E-state index contributed by atoms with van der Waals surface area (Å²) < 4.78 is 0. The van der Waals surface area contributed by atoms with Gasteiger partial charge in [-0.3, -0.25) is 4.98 Å². The molecule has 0 radical (unpaired) electrons. The highest BCUT2D eigenvalue weighted by atomic mass is 32.1. The number of aromatic nitrogens is 2. The van der Waals surface area contributed by atoms with E-state index in [1.54, 1.807) is 11.3 Å². The summed E-state index contributed by atoms with van der Waals surface area (Å²) in [6.07, 6.45) is 7.08. The van der Waals surface area contributed by atoms with Gasteiger partial charge in [-0.15, -0.1) is 11.3 Å². The van der Waals surface area contributed by atoms with Crippen LogP contribution in [-0.4, -0.2) is 9.97 Å². The lowest BCUT2D eigenvalue weighted by atomic mass is 9.99. The molecule has 1 atom stereocenters. The predicted octanol–water partition coefficient (Wildman–Crippen LogP) is 2.85. The average molecular weight is 245 g/mol. The monoisotopic (exact) mass is 245 g/mol. The molecule has 1 aliphatic rings. The van der Waals surface area contributed by atoms with Crippen molar-refractivity contribution >= 4 is 11.3 Å². The Labute approximate surface area is 105 Å². The van der Waals surface area contributed by atoms with Crippen molar-refractivity contribution in [1.29, 1.82) is 0 Å². The van der Waals surface area contributed by atoms with Crippen LogP contribution in [0.5, 0.6) is 0 Å². The van der Waals surface area contributed by atoms with Crippen LogP contribution in [0.1, 0.15) is 35.0 Å². The maximum absolute atomic E-state index is 6.10. The second kappa shape index (κ2) is 4.20. The zero-order chi connectivity index (χ0) is 11.8. The van der Waals surface area contributed by atoms with Gasteiger partial charge in [0.1, 0.15) is 5.01 Å². The first-order chi connectivity index (χ1) is 8.25. The molecule has 2 aromatic rings. The molecule has 2 heterocycles. The van der Waals surface area contributed by atoms with Crippen LogP contribution < -0.4 is 5.73 Å². The Balaban J connectivity index is 2.08. The summed E-state index contributed by atoms with van der Waals surface area (Å²) in [7, 11) is 0. The molecule has 1 aliphatic carbocycles. The Morgan fingerprint density at radius 2 is 2.35 bits per heavy atom. The first-order valence-corrected chi connectivity index (χ1v) is 6.73. The van der Waals surface area contributed by atoms with E-state index >= 15 is 0 Å². The molecule has 0 aliphatic heterocycles. The van der Waals surface area contributed by atoms with Crippen LogP contribution in [0.15, 0.2) is 18.5 Å². The van der Waals surface area contributed by atoms with E-state index in [2.05, 4.69) is 11.9 Å². The van der Waals surface area contributed by atoms with Gasteiger partial charge in [0.2, 0.25) is 0 Å². The van der Waals surface area contributed by atoms with E-state index in [4.69, 9.17) is 10.7 Å². The number of fused-ring (bicyclic) bond motifs is 1. The summed E-state index contributed by atoms with van der Waals surface area (Å²) in [6, 6.07) is 2.15. The van der Waals surface area contributed by atoms with Gasteiger partial charge in [-0.2, -0.15) is 0 Å². The summed E-state index contributed by atoms with van der Waals surface area (Å²) >= 11 is 1.78. The van der Waals surface area contributed by atoms with E-state index < -0.39 is 0 Å². The van der Waals surface area contributed by atoms with Crippen LogP contribution in [0.2, 0.25) is 0 Å². The molecule has 0 bridgehead atoms. The van der Waals surface area contributed by atoms with Crippen molar-refractivity contribution in [2.45, 2.75) is 32.2 Å². The lowest BCUT2D eigenvalue weighted by Gasteiger charge is -2.15. The van der Waals surface area contributed by atoms with Crippen LogP contribution >= 0.6 is 11.3 Å². The minimum atomic E-state index is 0.126. The average Bonchev–Trinajstić information content (AvgIpc) is 2.75. The predicted molar refractivity (Wildman–Crippen MR) is 69.9 cm³/mol. The Morgan fingerprint density at radius 3 is 3.12 bits per heavy atom. The number of hydrogen-bond donors (Lipinski definition) is 1. The topological polar surface area (TPSA) is 51.8 Å². The van der Waals surface area contributed by atoms with E-state index in [0.717, 1.165) is 29.1 Å². The molecule has 17 heavy (non-hydrogen) atoms. The van der Waals surface area contributed by atoms with Gasteiger partial charge in [0, 0.05) is 28.9 Å². The fourth-order valence-corrected chi connectivity index (χ4v) is 3.50. The second-order valence-corrected chi connectivity index (χ2v) is 5.60. The van der Waals surface area contributed by atoms with E-state index in [9.17, 15) is 0 Å². The number of aryl methyl sites for hydroxylation is 2. The minimum Gasteiger partial charge on any atom is -0.323 e. The highest BCUT2D eigenvalue weighted by Crippen LogP contribution is 2.36. The van der Waals surface area contributed by atoms with Crippen LogP contribution in [0.4, 0.5) is 0 Å². The number of thiazole rings is 1. The Hall–Kier alpha value is -1.26. The highest BCUT2D eigenvalue weighted by molar-refractivity contribution is 7.15. The van der Waals surface area contributed by atoms with Gasteiger partial charge in [0.05, 0.1) is 5.69 Å². The molecular formula is C13H15N3S. The Kier molecular flexibility index (Phi) is 2.68. The van der Waals surface area contributed by atoms with Crippen molar-refractivity contribution in [3.05, 3.63) is 34.6 Å². The highest BCUT2D eigenvalue weighted by Gasteiger charge is 2.22. The quantitative estimate of drug-likeness (QED) is 0.840. The van der Waals surface area contributed by atoms with E-state index in [0.29, 0.717) is 0 Å². The summed E-state index contributed by atoms with van der Waals surface area (Å²) in [6.45, 7) is 2.09. The third-order valence-electron chi connectivity index (χ3n) is 3.27. The van der Waals surface area contributed by atoms with Gasteiger partial charge < -0.3 is 5.73 Å². The number of rotatable bonds is 1. The third-order valence-corrected chi connectivity index (χ3v) is 4.43. The van der Waals surface area contributed by atoms with Crippen LogP contribution in [0.25, 0.3) is 10.6 Å². The summed E-state index contributed by atoms with van der Waals surface area (Å²) in [4.78, 5) is 10.3. The van der Waals surface area contributed by atoms with Crippen molar-refractivity contribution in [3.63, 3.8) is 0 Å². The van der Waals surface area contributed by atoms with Crippen LogP contribution in [-0.2, 0) is 6.42 Å². The molecule has 0 spiro atoms. The lowest BCUT2D eigenvalue weighted by Crippen LogP contribution is -2.16. The molecular weight excluding hydrogens is 230 g/mol. The normalized spacial score (nSPS) is 19.1. The standard InChI is InChI=1S/C13H15N3S/c1-8-5-6-15-7-9(8)13-16-12-10(14)3-2-4-11(12)17-13/h5-7,10H,2-4,14H2,1H3. The van der Waals surface area contributed by atoms with Gasteiger partial charge in [-0.1, -0.05) is 0 Å². The summed E-state index contributed by atoms with van der Waals surface area (Å²) in [5, 5.41) is 1.07. The number of nitrogens with two attached hydrogens (primary N) is 1. The van der Waals surface area contributed by atoms with Gasteiger partial charge in [-0.25, -0.2) is 4.98 Å². The number of nitrogens with zero attached hydrogens (tertiary/aromatic N) is 2. The molecule has 0 fully saturated rings. The number of pyridine rings is 1. The first-order valence-electron chi connectivity index (χ1n) is 5.92. The van der Waals surface area contributed by atoms with Crippen molar-refractivity contribution in [2.75, 3.05) is 0 Å². The Bertz CT molecular complexity index is 547. The molecule has 3 rings (SSSR count). The van der Waals surface area contributed by atoms with Crippen LogP contribution in [0, 0.1) is 6.92 Å². The molecule has 3 nitrogen and oxygen atoms in total. The minimum absolute atomic E-state index is 0.126. The van der Waals surface area contributed by atoms with E-state index in [1.165, 1.54) is 16.9 Å². The zero-order valence-electron chi connectivity index (χ0n) is 9.81. The SMILES string of the molecule is Cc1ccncc1-c1nc2c(s1)CCCC2N. The van der Waals surface area contributed by atoms with Crippen LogP contribution in [0.3, 0.4) is 0 Å². The molecule has 4 heteroatoms. The molecule has 0 saturated heterocycles. The molecule has 2 aromatic heterocycles. The molecule has 88 valence electrons. The number of hydrogen-bond acceptors (Lipinski definition) is 4. The fourth-order valence-electron chi connectivity index (χ4n) is 2.25. The summed E-state index contributed by atoms with van der Waals surface area (Å²) in [5.41, 5.74) is 9.57. The molecule has 1 unspecified atom stereocenters. The van der Waals surface area contributed by atoms with Crippen molar-refractivity contribution in [3.8, 4) is 10.6 Å². The van der Waals surface area contributed by atoms with Crippen molar-refractivity contribution < 1.29 is 0 Å². The molecule has 0 amide bonds. The van der Waals surface area contributed by atoms with Gasteiger partial charge in [0.15, 0.2) is 0 Å². The Morgan fingerprint density at radius 1 is 1.47 bits per heavy atom.